The predicted molar refractivity (Wildman–Crippen MR) is 58.5 cm³/mol. The van der Waals surface area contributed by atoms with E-state index in [1.54, 1.807) is 24.1 Å². The highest BCUT2D eigenvalue weighted by molar-refractivity contribution is 5.76. The highest BCUT2D eigenvalue weighted by atomic mass is 19.1. The summed E-state index contributed by atoms with van der Waals surface area (Å²) < 4.78 is 12.8. The quantitative estimate of drug-likeness (QED) is 0.767. The molecular formula is C11H14FN3O. The number of halogens is 1. The van der Waals surface area contributed by atoms with E-state index in [0.717, 1.165) is 6.42 Å². The Labute approximate surface area is 93.5 Å². The van der Waals surface area contributed by atoms with E-state index in [4.69, 9.17) is 0 Å². The number of anilines is 1. The molecule has 1 atom stereocenters. The van der Waals surface area contributed by atoms with Crippen molar-refractivity contribution in [1.29, 1.82) is 0 Å². The third kappa shape index (κ3) is 2.48. The van der Waals surface area contributed by atoms with E-state index in [9.17, 15) is 9.18 Å². The van der Waals surface area contributed by atoms with Crippen LogP contribution in [0.3, 0.4) is 0 Å². The Morgan fingerprint density at radius 2 is 2.38 bits per heavy atom. The number of hydrogen-bond acceptors (Lipinski definition) is 3. The van der Waals surface area contributed by atoms with Crippen molar-refractivity contribution in [2.24, 2.45) is 0 Å². The fourth-order valence-corrected chi connectivity index (χ4v) is 1.83. The molecule has 0 saturated carbocycles. The van der Waals surface area contributed by atoms with Gasteiger partial charge in [-0.15, -0.1) is 0 Å². The molecule has 2 rings (SSSR count). The van der Waals surface area contributed by atoms with Crippen LogP contribution in [0.1, 0.15) is 12.8 Å². The van der Waals surface area contributed by atoms with Gasteiger partial charge < -0.3 is 10.2 Å². The van der Waals surface area contributed by atoms with Gasteiger partial charge in [-0.2, -0.15) is 4.39 Å². The van der Waals surface area contributed by atoms with Crippen molar-refractivity contribution in [1.82, 2.24) is 9.88 Å². The van der Waals surface area contributed by atoms with Crippen molar-refractivity contribution in [3.8, 4) is 0 Å². The molecule has 86 valence electrons. The monoisotopic (exact) mass is 223 g/mol. The van der Waals surface area contributed by atoms with Crippen LogP contribution in [0.5, 0.6) is 0 Å². The number of hydrogen-bond donors (Lipinski definition) is 1. The van der Waals surface area contributed by atoms with Gasteiger partial charge in [-0.1, -0.05) is 6.07 Å². The van der Waals surface area contributed by atoms with E-state index in [-0.39, 0.29) is 11.9 Å². The highest BCUT2D eigenvalue weighted by Crippen LogP contribution is 2.14. The summed E-state index contributed by atoms with van der Waals surface area (Å²) >= 11 is 0. The molecule has 16 heavy (non-hydrogen) atoms. The highest BCUT2D eigenvalue weighted by Gasteiger charge is 2.22. The summed E-state index contributed by atoms with van der Waals surface area (Å²) in [5, 5.41) is 3.13. The molecule has 0 aromatic carbocycles. The van der Waals surface area contributed by atoms with Gasteiger partial charge in [0.2, 0.25) is 11.9 Å². The minimum Gasteiger partial charge on any atom is -0.365 e. The van der Waals surface area contributed by atoms with Gasteiger partial charge in [-0.05, 0) is 18.6 Å². The summed E-state index contributed by atoms with van der Waals surface area (Å²) in [4.78, 5) is 16.7. The number of likely N-dealkylation sites (tertiary alicyclic amines) is 1. The predicted octanol–water partition coefficient (Wildman–Crippen LogP) is 1.25. The van der Waals surface area contributed by atoms with Crippen molar-refractivity contribution in [2.75, 3.05) is 18.9 Å². The largest absolute Gasteiger partial charge is 0.365 e. The minimum atomic E-state index is -0.495. The Hall–Kier alpha value is -1.65. The van der Waals surface area contributed by atoms with Crippen LogP contribution in [0.15, 0.2) is 18.2 Å². The molecule has 1 aliphatic rings. The molecule has 1 aromatic heterocycles. The van der Waals surface area contributed by atoms with Crippen LogP contribution in [0.2, 0.25) is 0 Å². The molecule has 0 radical (unpaired) electrons. The molecule has 0 spiro atoms. The number of piperidine rings is 1. The summed E-state index contributed by atoms with van der Waals surface area (Å²) in [5.41, 5.74) is 0. The smallest absolute Gasteiger partial charge is 0.222 e. The second kappa shape index (κ2) is 4.47. The lowest BCUT2D eigenvalue weighted by atomic mass is 10.1. The SMILES string of the molecule is CN1CC(Nc2cccc(F)n2)CCC1=O. The van der Waals surface area contributed by atoms with Crippen LogP contribution in [0, 0.1) is 5.95 Å². The lowest BCUT2D eigenvalue weighted by molar-refractivity contribution is -0.132. The van der Waals surface area contributed by atoms with Crippen LogP contribution >= 0.6 is 0 Å². The summed E-state index contributed by atoms with van der Waals surface area (Å²) in [6.45, 7) is 0.636. The van der Waals surface area contributed by atoms with Gasteiger partial charge in [-0.25, -0.2) is 4.98 Å². The lowest BCUT2D eigenvalue weighted by Crippen LogP contribution is -2.43. The number of nitrogens with one attached hydrogen (secondary N) is 1. The van der Waals surface area contributed by atoms with Crippen LogP contribution in [-0.2, 0) is 4.79 Å². The Bertz CT molecular complexity index is 397. The molecule has 5 heteroatoms. The number of amides is 1. The van der Waals surface area contributed by atoms with Gasteiger partial charge in [0, 0.05) is 26.1 Å². The van der Waals surface area contributed by atoms with Gasteiger partial charge in [0.25, 0.3) is 0 Å². The number of rotatable bonds is 2. The standard InChI is InChI=1S/C11H14FN3O/c1-15-7-8(5-6-11(15)16)13-10-4-2-3-9(12)14-10/h2-4,8H,5-7H2,1H3,(H,13,14). The second-order valence-electron chi connectivity index (χ2n) is 4.00. The van der Waals surface area contributed by atoms with Crippen molar-refractivity contribution in [3.05, 3.63) is 24.1 Å². The van der Waals surface area contributed by atoms with Gasteiger partial charge in [0.05, 0.1) is 0 Å². The maximum atomic E-state index is 12.8. The molecule has 1 N–H and O–H groups in total. The number of aromatic nitrogens is 1. The van der Waals surface area contributed by atoms with Crippen LogP contribution in [-0.4, -0.2) is 35.4 Å². The number of carbonyl (C=O) groups excluding carboxylic acids is 1. The molecule has 1 aliphatic heterocycles. The first-order valence-corrected chi connectivity index (χ1v) is 5.28. The summed E-state index contributed by atoms with van der Waals surface area (Å²) in [7, 11) is 1.77. The third-order valence-corrected chi connectivity index (χ3v) is 2.69. The molecule has 1 unspecified atom stereocenters. The van der Waals surface area contributed by atoms with E-state index in [2.05, 4.69) is 10.3 Å². The lowest BCUT2D eigenvalue weighted by Gasteiger charge is -2.30. The molecule has 0 bridgehead atoms. The average molecular weight is 223 g/mol. The normalized spacial score (nSPS) is 21.0. The number of nitrogens with zero attached hydrogens (tertiary/aromatic N) is 2. The number of likely N-dealkylation sites (N-methyl/N-ethyl adjacent to an activating group) is 1. The Morgan fingerprint density at radius 3 is 3.06 bits per heavy atom. The van der Waals surface area contributed by atoms with Gasteiger partial charge >= 0.3 is 0 Å². The molecular weight excluding hydrogens is 209 g/mol. The van der Waals surface area contributed by atoms with E-state index in [0.29, 0.717) is 18.8 Å². The zero-order valence-electron chi connectivity index (χ0n) is 9.11. The molecule has 1 saturated heterocycles. The zero-order valence-corrected chi connectivity index (χ0v) is 9.11. The Morgan fingerprint density at radius 1 is 1.56 bits per heavy atom. The fourth-order valence-electron chi connectivity index (χ4n) is 1.83. The summed E-state index contributed by atoms with van der Waals surface area (Å²) in [5.74, 6) is 0.184. The van der Waals surface area contributed by atoms with Crippen molar-refractivity contribution < 1.29 is 9.18 Å². The first-order chi connectivity index (χ1) is 7.65. The first-order valence-electron chi connectivity index (χ1n) is 5.28. The van der Waals surface area contributed by atoms with Crippen molar-refractivity contribution in [2.45, 2.75) is 18.9 Å². The van der Waals surface area contributed by atoms with Crippen molar-refractivity contribution >= 4 is 11.7 Å². The van der Waals surface area contributed by atoms with E-state index in [1.807, 2.05) is 0 Å². The van der Waals surface area contributed by atoms with Crippen LogP contribution < -0.4 is 5.32 Å². The maximum Gasteiger partial charge on any atom is 0.222 e. The molecule has 2 heterocycles. The van der Waals surface area contributed by atoms with E-state index < -0.39 is 5.95 Å². The molecule has 1 amide bonds. The number of carbonyl (C=O) groups is 1. The fraction of sp³-hybridized carbons (Fsp3) is 0.455. The summed E-state index contributed by atoms with van der Waals surface area (Å²) in [6, 6.07) is 4.79. The van der Waals surface area contributed by atoms with Crippen molar-refractivity contribution in [3.63, 3.8) is 0 Å². The molecule has 4 nitrogen and oxygen atoms in total. The van der Waals surface area contributed by atoms with E-state index in [1.165, 1.54) is 6.07 Å². The zero-order chi connectivity index (χ0) is 11.5. The Balaban J connectivity index is 1.98. The maximum absolute atomic E-state index is 12.8. The third-order valence-electron chi connectivity index (χ3n) is 2.69. The molecule has 1 fully saturated rings. The average Bonchev–Trinajstić information content (AvgIpc) is 2.24. The van der Waals surface area contributed by atoms with Gasteiger partial charge in [-0.3, -0.25) is 4.79 Å². The van der Waals surface area contributed by atoms with Crippen LogP contribution in [0.25, 0.3) is 0 Å². The Kier molecular flexibility index (Phi) is 3.03. The number of pyridine rings is 1. The minimum absolute atomic E-state index is 0.150. The summed E-state index contributed by atoms with van der Waals surface area (Å²) in [6.07, 6.45) is 1.30. The van der Waals surface area contributed by atoms with E-state index >= 15 is 0 Å². The topological polar surface area (TPSA) is 45.2 Å². The second-order valence-corrected chi connectivity index (χ2v) is 4.00. The molecule has 0 aliphatic carbocycles. The van der Waals surface area contributed by atoms with Crippen LogP contribution in [0.4, 0.5) is 10.2 Å². The van der Waals surface area contributed by atoms with Gasteiger partial charge in [0.15, 0.2) is 0 Å². The van der Waals surface area contributed by atoms with Gasteiger partial charge in [0.1, 0.15) is 5.82 Å². The molecule has 1 aromatic rings. The first kappa shape index (κ1) is 10.9.